The van der Waals surface area contributed by atoms with Gasteiger partial charge in [0.25, 0.3) is 5.91 Å². The number of fused-ring (bicyclic) bond motifs is 1. The lowest BCUT2D eigenvalue weighted by atomic mass is 9.76. The van der Waals surface area contributed by atoms with Crippen LogP contribution in [0.2, 0.25) is 0 Å². The maximum Gasteiger partial charge on any atom is 0.252 e. The molecule has 1 fully saturated rings. The summed E-state index contributed by atoms with van der Waals surface area (Å²) in [5, 5.41) is 9.83. The van der Waals surface area contributed by atoms with Crippen LogP contribution >= 0.6 is 0 Å². The summed E-state index contributed by atoms with van der Waals surface area (Å²) in [5.41, 5.74) is 4.83. The van der Waals surface area contributed by atoms with Crippen molar-refractivity contribution in [2.75, 3.05) is 19.6 Å². The number of aromatic nitrogens is 6. The van der Waals surface area contributed by atoms with Gasteiger partial charge in [0.05, 0.1) is 24.1 Å². The van der Waals surface area contributed by atoms with Crippen LogP contribution in [-0.4, -0.2) is 65.3 Å². The molecule has 42 heavy (non-hydrogen) atoms. The molecule has 1 saturated carbocycles. The predicted molar refractivity (Wildman–Crippen MR) is 154 cm³/mol. The Balaban J connectivity index is 1.13. The molecule has 4 aromatic heterocycles. The van der Waals surface area contributed by atoms with Crippen LogP contribution in [0.4, 0.5) is 10.3 Å². The average molecular weight is 573 g/mol. The molecule has 0 saturated heterocycles. The molecule has 1 aliphatic heterocycles. The van der Waals surface area contributed by atoms with Crippen molar-refractivity contribution in [2.45, 2.75) is 50.2 Å². The number of hydrogen-bond donors (Lipinski definition) is 3. The van der Waals surface area contributed by atoms with E-state index in [1.54, 1.807) is 24.4 Å². The molecule has 13 heteroatoms. The number of halogens is 1. The third-order valence-corrected chi connectivity index (χ3v) is 7.99. The highest BCUT2D eigenvalue weighted by molar-refractivity contribution is 5.86. The Labute approximate surface area is 242 Å². The lowest BCUT2D eigenvalue weighted by molar-refractivity contribution is -0.148. The van der Waals surface area contributed by atoms with Crippen LogP contribution in [0.25, 0.3) is 16.9 Å². The molecule has 3 N–H and O–H groups in total. The first-order valence-corrected chi connectivity index (χ1v) is 13.8. The van der Waals surface area contributed by atoms with Crippen molar-refractivity contribution in [1.82, 2.24) is 44.9 Å². The fraction of sp³-hybridized carbons (Fsp3) is 0.345. The SMILES string of the molecule is COC1(C(=O)N[C@@H](C)c2ccc(-n3cc(F)cn3)nc2)CCC(c2nc(NN3C=CN(C)C=C3)nc3[nH]ccc23)CC1. The molecule has 1 amide bonds. The van der Waals surface area contributed by atoms with Crippen LogP contribution < -0.4 is 10.7 Å². The summed E-state index contributed by atoms with van der Waals surface area (Å²) < 4.78 is 20.6. The lowest BCUT2D eigenvalue weighted by Crippen LogP contribution is -2.50. The van der Waals surface area contributed by atoms with Gasteiger partial charge in [-0.05, 0) is 50.3 Å². The zero-order valence-corrected chi connectivity index (χ0v) is 23.7. The van der Waals surface area contributed by atoms with E-state index < -0.39 is 11.4 Å². The summed E-state index contributed by atoms with van der Waals surface area (Å²) in [6.07, 6.45) is 16.1. The monoisotopic (exact) mass is 572 g/mol. The summed E-state index contributed by atoms with van der Waals surface area (Å²) in [6.45, 7) is 1.90. The summed E-state index contributed by atoms with van der Waals surface area (Å²) in [4.78, 5) is 32.6. The quantitative estimate of drug-likeness (QED) is 0.286. The fourth-order valence-electron chi connectivity index (χ4n) is 5.48. The highest BCUT2D eigenvalue weighted by Gasteiger charge is 2.43. The first-order valence-electron chi connectivity index (χ1n) is 13.8. The van der Waals surface area contributed by atoms with Crippen LogP contribution in [0, 0.1) is 5.82 Å². The third kappa shape index (κ3) is 5.42. The molecule has 0 aromatic carbocycles. The number of carbonyl (C=O) groups is 1. The molecule has 0 radical (unpaired) electrons. The van der Waals surface area contributed by atoms with Crippen molar-refractivity contribution in [2.24, 2.45) is 0 Å². The molecular formula is C29H33FN10O2. The maximum atomic E-state index is 13.6. The second-order valence-electron chi connectivity index (χ2n) is 10.7. The second-order valence-corrected chi connectivity index (χ2v) is 10.7. The summed E-state index contributed by atoms with van der Waals surface area (Å²) >= 11 is 0. The number of pyridine rings is 1. The van der Waals surface area contributed by atoms with Gasteiger partial charge in [0.2, 0.25) is 5.95 Å². The van der Waals surface area contributed by atoms with Gasteiger partial charge < -0.3 is 19.9 Å². The van der Waals surface area contributed by atoms with E-state index in [4.69, 9.17) is 9.72 Å². The largest absolute Gasteiger partial charge is 0.368 e. The van der Waals surface area contributed by atoms with Gasteiger partial charge in [-0.1, -0.05) is 6.07 Å². The minimum absolute atomic E-state index is 0.141. The Morgan fingerprint density at radius 3 is 2.60 bits per heavy atom. The Hall–Kier alpha value is -4.78. The number of aromatic amines is 1. The Morgan fingerprint density at radius 2 is 1.93 bits per heavy atom. The number of nitrogens with one attached hydrogen (secondary N) is 3. The number of H-pyrrole nitrogens is 1. The van der Waals surface area contributed by atoms with Crippen molar-refractivity contribution in [3.05, 3.63) is 84.9 Å². The van der Waals surface area contributed by atoms with Gasteiger partial charge in [-0.3, -0.25) is 15.2 Å². The summed E-state index contributed by atoms with van der Waals surface area (Å²) in [6, 6.07) is 5.29. The number of carbonyl (C=O) groups excluding carboxylic acids is 1. The normalized spacial score (nSPS) is 21.1. The number of anilines is 1. The number of amides is 1. The lowest BCUT2D eigenvalue weighted by Gasteiger charge is -2.38. The van der Waals surface area contributed by atoms with E-state index in [0.29, 0.717) is 24.6 Å². The summed E-state index contributed by atoms with van der Waals surface area (Å²) in [5.74, 6) is 0.536. The van der Waals surface area contributed by atoms with Gasteiger partial charge in [-0.15, -0.1) is 0 Å². The number of ether oxygens (including phenoxy) is 1. The Kier molecular flexibility index (Phi) is 7.33. The third-order valence-electron chi connectivity index (χ3n) is 7.99. The van der Waals surface area contributed by atoms with E-state index in [1.807, 2.05) is 62.0 Å². The predicted octanol–water partition coefficient (Wildman–Crippen LogP) is 4.11. The topological polar surface area (TPSA) is 129 Å². The first-order chi connectivity index (χ1) is 20.3. The van der Waals surface area contributed by atoms with Crippen molar-refractivity contribution >= 4 is 22.9 Å². The second kappa shape index (κ2) is 11.2. The molecule has 0 bridgehead atoms. The number of nitrogens with zero attached hydrogens (tertiary/aromatic N) is 7. The van der Waals surface area contributed by atoms with Gasteiger partial charge >= 0.3 is 0 Å². The first kappa shape index (κ1) is 27.4. The minimum Gasteiger partial charge on any atom is -0.368 e. The number of hydrogen-bond acceptors (Lipinski definition) is 9. The molecule has 2 aliphatic rings. The van der Waals surface area contributed by atoms with Crippen molar-refractivity contribution in [3.8, 4) is 5.82 Å². The van der Waals surface area contributed by atoms with E-state index in [2.05, 4.69) is 30.8 Å². The molecule has 0 spiro atoms. The molecule has 1 aliphatic carbocycles. The van der Waals surface area contributed by atoms with Crippen LogP contribution in [0.1, 0.15) is 55.8 Å². The highest BCUT2D eigenvalue weighted by atomic mass is 19.1. The molecule has 6 rings (SSSR count). The number of hydrazine groups is 1. The molecule has 1 atom stereocenters. The van der Waals surface area contributed by atoms with Crippen LogP contribution in [-0.2, 0) is 9.53 Å². The fourth-order valence-corrected chi connectivity index (χ4v) is 5.48. The van der Waals surface area contributed by atoms with Gasteiger partial charge in [0, 0.05) is 62.7 Å². The summed E-state index contributed by atoms with van der Waals surface area (Å²) in [7, 11) is 3.55. The van der Waals surface area contributed by atoms with Crippen LogP contribution in [0.3, 0.4) is 0 Å². The molecule has 4 aromatic rings. The zero-order valence-electron chi connectivity index (χ0n) is 23.7. The van der Waals surface area contributed by atoms with Gasteiger partial charge in [-0.2, -0.15) is 10.1 Å². The maximum absolute atomic E-state index is 13.6. The molecule has 5 heterocycles. The number of rotatable bonds is 8. The smallest absolute Gasteiger partial charge is 0.252 e. The van der Waals surface area contributed by atoms with Gasteiger partial charge in [0.1, 0.15) is 11.2 Å². The van der Waals surface area contributed by atoms with Crippen molar-refractivity contribution in [1.29, 1.82) is 0 Å². The highest BCUT2D eigenvalue weighted by Crippen LogP contribution is 2.41. The Morgan fingerprint density at radius 1 is 1.14 bits per heavy atom. The average Bonchev–Trinajstić information content (AvgIpc) is 3.67. The molecular weight excluding hydrogens is 539 g/mol. The van der Waals surface area contributed by atoms with E-state index in [9.17, 15) is 9.18 Å². The minimum atomic E-state index is -0.939. The Bertz CT molecular complexity index is 1610. The zero-order chi connectivity index (χ0) is 29.3. The van der Waals surface area contributed by atoms with Gasteiger partial charge in [0.15, 0.2) is 11.6 Å². The number of methoxy groups -OCH3 is 1. The van der Waals surface area contributed by atoms with Crippen molar-refractivity contribution < 1.29 is 13.9 Å². The molecule has 12 nitrogen and oxygen atoms in total. The van der Waals surface area contributed by atoms with E-state index in [0.717, 1.165) is 41.3 Å². The molecule has 0 unspecified atom stereocenters. The molecule has 218 valence electrons. The van der Waals surface area contributed by atoms with E-state index in [1.165, 1.54) is 10.9 Å². The van der Waals surface area contributed by atoms with Gasteiger partial charge in [-0.25, -0.2) is 19.0 Å². The van der Waals surface area contributed by atoms with Crippen LogP contribution in [0.5, 0.6) is 0 Å². The standard InChI is InChI=1S/C29H33FN10O2/c1-19(21-4-5-24(32-16-21)40-18-22(30)17-33-40)34-27(41)29(42-3)9-6-20(7-10-29)25-23-8-11-31-26(23)36-28(35-25)37-39-14-12-38(2)13-15-39/h4-5,8,11-20H,6-7,9-10H2,1-3H3,(H,34,41)(H2,31,35,36,37)/t19-,20?,29?/m0/s1. The van der Waals surface area contributed by atoms with Crippen LogP contribution in [0.15, 0.2) is 67.8 Å². The van der Waals surface area contributed by atoms with E-state index in [-0.39, 0.29) is 17.9 Å². The van der Waals surface area contributed by atoms with E-state index >= 15 is 0 Å². The van der Waals surface area contributed by atoms with Crippen molar-refractivity contribution in [3.63, 3.8) is 0 Å².